The summed E-state index contributed by atoms with van der Waals surface area (Å²) in [5.41, 5.74) is 2.27. The highest BCUT2D eigenvalue weighted by molar-refractivity contribution is 9.10. The fourth-order valence-corrected chi connectivity index (χ4v) is 3.19. The summed E-state index contributed by atoms with van der Waals surface area (Å²) < 4.78 is 1.03. The second kappa shape index (κ2) is 6.73. The van der Waals surface area contributed by atoms with E-state index in [9.17, 15) is 4.79 Å². The van der Waals surface area contributed by atoms with E-state index in [1.807, 2.05) is 54.5 Å². The van der Waals surface area contributed by atoms with Crippen molar-refractivity contribution < 1.29 is 9.63 Å². The quantitative estimate of drug-likeness (QED) is 0.768. The lowest BCUT2D eigenvalue weighted by molar-refractivity contribution is -0.166. The van der Waals surface area contributed by atoms with Crippen LogP contribution in [0.1, 0.15) is 24.1 Å². The lowest BCUT2D eigenvalue weighted by atomic mass is 9.91. The molecule has 0 spiro atoms. The number of rotatable bonds is 4. The van der Waals surface area contributed by atoms with Gasteiger partial charge >= 0.3 is 0 Å². The fraction of sp³-hybridized carbons (Fsp3) is 0.278. The summed E-state index contributed by atoms with van der Waals surface area (Å²) in [6.45, 7) is 2.62. The van der Waals surface area contributed by atoms with Gasteiger partial charge < -0.3 is 4.79 Å². The van der Waals surface area contributed by atoms with Crippen LogP contribution in [0.15, 0.2) is 59.1 Å². The molecule has 2 aromatic rings. The number of hydrogen-bond acceptors (Lipinski definition) is 3. The number of carbonyl (C=O) groups excluding carboxylic acids is 1. The zero-order chi connectivity index (χ0) is 15.5. The second-order valence-electron chi connectivity index (χ2n) is 5.58. The Labute approximate surface area is 139 Å². The maximum Gasteiger partial charge on any atom is 0.127 e. The van der Waals surface area contributed by atoms with Crippen LogP contribution in [0.25, 0.3) is 0 Å². The van der Waals surface area contributed by atoms with E-state index in [1.54, 1.807) is 0 Å². The number of benzene rings is 2. The van der Waals surface area contributed by atoms with Gasteiger partial charge in [0.25, 0.3) is 0 Å². The Morgan fingerprint density at radius 1 is 1.14 bits per heavy atom. The normalized spacial score (nSPS) is 25.3. The van der Waals surface area contributed by atoms with E-state index in [4.69, 9.17) is 4.84 Å². The van der Waals surface area contributed by atoms with Gasteiger partial charge in [-0.3, -0.25) is 4.84 Å². The van der Waals surface area contributed by atoms with Gasteiger partial charge in [0.05, 0.1) is 18.1 Å². The van der Waals surface area contributed by atoms with Crippen LogP contribution in [0.5, 0.6) is 0 Å². The summed E-state index contributed by atoms with van der Waals surface area (Å²) in [6, 6.07) is 18.2. The Morgan fingerprint density at radius 3 is 2.45 bits per heavy atom. The van der Waals surface area contributed by atoms with E-state index in [0.717, 1.165) is 16.3 Å². The third kappa shape index (κ3) is 3.14. The van der Waals surface area contributed by atoms with Crippen LogP contribution in [0.3, 0.4) is 0 Å². The number of nitrogens with zero attached hydrogens (tertiary/aromatic N) is 1. The Morgan fingerprint density at radius 2 is 1.82 bits per heavy atom. The van der Waals surface area contributed by atoms with Crippen molar-refractivity contribution in [1.82, 2.24) is 5.06 Å². The highest BCUT2D eigenvalue weighted by Crippen LogP contribution is 2.39. The van der Waals surface area contributed by atoms with Gasteiger partial charge in [-0.25, -0.2) is 0 Å². The van der Waals surface area contributed by atoms with E-state index in [-0.39, 0.29) is 18.1 Å². The number of aldehydes is 1. The van der Waals surface area contributed by atoms with Crippen molar-refractivity contribution >= 4 is 22.2 Å². The van der Waals surface area contributed by atoms with Crippen molar-refractivity contribution in [2.75, 3.05) is 0 Å². The van der Waals surface area contributed by atoms with E-state index < -0.39 is 0 Å². The Hall–Kier alpha value is -1.49. The molecular formula is C18H18BrNO2. The molecule has 0 unspecified atom stereocenters. The SMILES string of the molecule is C[C@H]1ON(Cc2ccccc2)[C@@H](c2ccc(Br)cc2)[C@@H]1C=O. The molecule has 114 valence electrons. The van der Waals surface area contributed by atoms with Crippen LogP contribution in [-0.2, 0) is 16.2 Å². The van der Waals surface area contributed by atoms with Gasteiger partial charge in [0.2, 0.25) is 0 Å². The minimum absolute atomic E-state index is 0.0548. The van der Waals surface area contributed by atoms with Crippen LogP contribution < -0.4 is 0 Å². The molecule has 1 heterocycles. The topological polar surface area (TPSA) is 29.5 Å². The predicted molar refractivity (Wildman–Crippen MR) is 89.0 cm³/mol. The summed E-state index contributed by atoms with van der Waals surface area (Å²) >= 11 is 3.45. The third-order valence-corrected chi connectivity index (χ3v) is 4.60. The van der Waals surface area contributed by atoms with E-state index >= 15 is 0 Å². The first-order valence-electron chi connectivity index (χ1n) is 7.37. The molecule has 3 atom stereocenters. The van der Waals surface area contributed by atoms with Crippen LogP contribution >= 0.6 is 15.9 Å². The molecule has 22 heavy (non-hydrogen) atoms. The number of hydroxylamine groups is 2. The van der Waals surface area contributed by atoms with Gasteiger partial charge in [0.15, 0.2) is 0 Å². The summed E-state index contributed by atoms with van der Waals surface area (Å²) in [7, 11) is 0. The maximum atomic E-state index is 11.6. The summed E-state index contributed by atoms with van der Waals surface area (Å²) in [6.07, 6.45) is 0.900. The molecule has 0 amide bonds. The number of hydrogen-bond donors (Lipinski definition) is 0. The summed E-state index contributed by atoms with van der Waals surface area (Å²) in [5, 5.41) is 1.93. The molecular weight excluding hydrogens is 342 g/mol. The van der Waals surface area contributed by atoms with Gasteiger partial charge in [-0.2, -0.15) is 5.06 Å². The van der Waals surface area contributed by atoms with Crippen molar-refractivity contribution in [1.29, 1.82) is 0 Å². The van der Waals surface area contributed by atoms with Crippen molar-refractivity contribution in [2.45, 2.75) is 25.6 Å². The van der Waals surface area contributed by atoms with Gasteiger partial charge in [0.1, 0.15) is 6.29 Å². The van der Waals surface area contributed by atoms with Crippen molar-refractivity contribution in [2.24, 2.45) is 5.92 Å². The average Bonchev–Trinajstić information content (AvgIpc) is 2.84. The van der Waals surface area contributed by atoms with Crippen molar-refractivity contribution in [3.63, 3.8) is 0 Å². The first kappa shape index (κ1) is 15.4. The summed E-state index contributed by atoms with van der Waals surface area (Å²) in [4.78, 5) is 17.5. The predicted octanol–water partition coefficient (Wildman–Crippen LogP) is 4.14. The summed E-state index contributed by atoms with van der Waals surface area (Å²) in [5.74, 6) is -0.162. The van der Waals surface area contributed by atoms with Crippen LogP contribution in [0.2, 0.25) is 0 Å². The largest absolute Gasteiger partial charge is 0.303 e. The lowest BCUT2D eigenvalue weighted by Gasteiger charge is -2.24. The molecule has 4 heteroatoms. The van der Waals surface area contributed by atoms with Crippen molar-refractivity contribution in [3.05, 3.63) is 70.2 Å². The van der Waals surface area contributed by atoms with E-state index in [2.05, 4.69) is 28.1 Å². The first-order chi connectivity index (χ1) is 10.7. The molecule has 1 fully saturated rings. The minimum Gasteiger partial charge on any atom is -0.303 e. The molecule has 1 aliphatic heterocycles. The van der Waals surface area contributed by atoms with Crippen LogP contribution in [0, 0.1) is 5.92 Å². The second-order valence-corrected chi connectivity index (χ2v) is 6.50. The van der Waals surface area contributed by atoms with Gasteiger partial charge in [-0.15, -0.1) is 0 Å². The molecule has 2 aromatic carbocycles. The molecule has 1 saturated heterocycles. The highest BCUT2D eigenvalue weighted by atomic mass is 79.9. The molecule has 0 radical (unpaired) electrons. The molecule has 3 nitrogen and oxygen atoms in total. The minimum atomic E-state index is -0.162. The molecule has 3 rings (SSSR count). The van der Waals surface area contributed by atoms with E-state index in [0.29, 0.717) is 6.54 Å². The first-order valence-corrected chi connectivity index (χ1v) is 8.16. The smallest absolute Gasteiger partial charge is 0.127 e. The Balaban J connectivity index is 1.90. The molecule has 1 aliphatic rings. The standard InChI is InChI=1S/C18H18BrNO2/c1-13-17(12-21)18(15-7-9-16(19)10-8-15)20(22-13)11-14-5-3-2-4-6-14/h2-10,12-13,17-18H,11H2,1H3/t13-,17-,18+/m1/s1. The monoisotopic (exact) mass is 359 g/mol. The third-order valence-electron chi connectivity index (χ3n) is 4.07. The molecule has 0 bridgehead atoms. The molecule has 0 aliphatic carbocycles. The number of halogens is 1. The fourth-order valence-electron chi connectivity index (χ4n) is 2.93. The molecule has 0 saturated carbocycles. The van der Waals surface area contributed by atoms with Crippen molar-refractivity contribution in [3.8, 4) is 0 Å². The Bertz CT molecular complexity index is 629. The maximum absolute atomic E-state index is 11.6. The zero-order valence-electron chi connectivity index (χ0n) is 12.4. The zero-order valence-corrected chi connectivity index (χ0v) is 13.9. The van der Waals surface area contributed by atoms with E-state index in [1.165, 1.54) is 5.56 Å². The van der Waals surface area contributed by atoms with Gasteiger partial charge in [0, 0.05) is 11.0 Å². The van der Waals surface area contributed by atoms with Crippen LogP contribution in [0.4, 0.5) is 0 Å². The molecule has 0 N–H and O–H groups in total. The lowest BCUT2D eigenvalue weighted by Crippen LogP contribution is -2.25. The highest BCUT2D eigenvalue weighted by Gasteiger charge is 2.41. The average molecular weight is 360 g/mol. The van der Waals surface area contributed by atoms with Gasteiger partial charge in [-0.1, -0.05) is 58.4 Å². The number of carbonyl (C=O) groups is 1. The van der Waals surface area contributed by atoms with Crippen LogP contribution in [-0.4, -0.2) is 17.5 Å². The Kier molecular flexibility index (Phi) is 4.71. The van der Waals surface area contributed by atoms with Gasteiger partial charge in [-0.05, 0) is 30.2 Å². The molecule has 0 aromatic heterocycles.